The molecule has 0 saturated heterocycles. The molecule has 0 amide bonds. The number of benzene rings is 3. The SMILES string of the molecule is COC(=O)c1ccc(-c2ccc(C3CC(=O)Oc4cc(O)c5c(=O)c(-c6ccc(OC)c(OC)c6)coc5c43)o2)cc1. The molecule has 10 nitrogen and oxygen atoms in total. The topological polar surface area (TPSA) is 135 Å². The van der Waals surface area contributed by atoms with Crippen LogP contribution in [-0.4, -0.2) is 38.4 Å². The van der Waals surface area contributed by atoms with Crippen molar-refractivity contribution < 1.29 is 42.5 Å². The summed E-state index contributed by atoms with van der Waals surface area (Å²) in [5.41, 5.74) is 1.79. The summed E-state index contributed by atoms with van der Waals surface area (Å²) in [7, 11) is 4.31. The van der Waals surface area contributed by atoms with Gasteiger partial charge < -0.3 is 32.9 Å². The van der Waals surface area contributed by atoms with Crippen LogP contribution in [0.5, 0.6) is 23.0 Å². The van der Waals surface area contributed by atoms with Crippen molar-refractivity contribution in [3.8, 4) is 45.4 Å². The van der Waals surface area contributed by atoms with Crippen molar-refractivity contribution in [2.75, 3.05) is 21.3 Å². The number of esters is 2. The van der Waals surface area contributed by atoms with Gasteiger partial charge in [-0.3, -0.25) is 9.59 Å². The van der Waals surface area contributed by atoms with Crippen LogP contribution in [0.4, 0.5) is 0 Å². The van der Waals surface area contributed by atoms with E-state index < -0.39 is 23.3 Å². The lowest BCUT2D eigenvalue weighted by Gasteiger charge is -2.24. The number of phenols is 1. The Kier molecular flexibility index (Phi) is 6.66. The average Bonchev–Trinajstić information content (AvgIpc) is 3.50. The largest absolute Gasteiger partial charge is 0.507 e. The fraction of sp³-hybridized carbons (Fsp3) is 0.156. The van der Waals surface area contributed by atoms with Gasteiger partial charge in [-0.15, -0.1) is 0 Å². The molecule has 5 aromatic rings. The molecule has 212 valence electrons. The Balaban J connectivity index is 1.45. The minimum atomic E-state index is -0.664. The lowest BCUT2D eigenvalue weighted by molar-refractivity contribution is -0.135. The van der Waals surface area contributed by atoms with E-state index in [-0.39, 0.29) is 34.5 Å². The van der Waals surface area contributed by atoms with Crippen LogP contribution in [0, 0.1) is 0 Å². The van der Waals surface area contributed by atoms with Crippen LogP contribution in [0.3, 0.4) is 0 Å². The van der Waals surface area contributed by atoms with Crippen molar-refractivity contribution in [2.24, 2.45) is 0 Å². The number of carbonyl (C=O) groups excluding carboxylic acids is 2. The van der Waals surface area contributed by atoms with Crippen LogP contribution in [0.2, 0.25) is 0 Å². The quantitative estimate of drug-likeness (QED) is 0.202. The molecular weight excluding hydrogens is 544 g/mol. The number of phenolic OH excluding ortho intramolecular Hbond substituents is 1. The molecule has 0 spiro atoms. The van der Waals surface area contributed by atoms with E-state index in [4.69, 9.17) is 27.8 Å². The first-order valence-corrected chi connectivity index (χ1v) is 12.9. The first kappa shape index (κ1) is 26.7. The summed E-state index contributed by atoms with van der Waals surface area (Å²) in [6.07, 6.45) is 1.22. The van der Waals surface area contributed by atoms with Crippen LogP contribution in [0.25, 0.3) is 33.4 Å². The van der Waals surface area contributed by atoms with E-state index >= 15 is 0 Å². The predicted molar refractivity (Wildman–Crippen MR) is 150 cm³/mol. The number of hydrogen-bond acceptors (Lipinski definition) is 10. The van der Waals surface area contributed by atoms with Crippen LogP contribution >= 0.6 is 0 Å². The third kappa shape index (κ3) is 4.43. The number of carbonyl (C=O) groups is 2. The van der Waals surface area contributed by atoms with E-state index in [9.17, 15) is 19.5 Å². The molecule has 6 rings (SSSR count). The highest BCUT2D eigenvalue weighted by Crippen LogP contribution is 2.46. The maximum Gasteiger partial charge on any atom is 0.337 e. The Morgan fingerprint density at radius 1 is 0.905 bits per heavy atom. The second-order valence-corrected chi connectivity index (χ2v) is 9.56. The van der Waals surface area contributed by atoms with E-state index in [0.717, 1.165) is 0 Å². The van der Waals surface area contributed by atoms with E-state index in [1.165, 1.54) is 33.7 Å². The second-order valence-electron chi connectivity index (χ2n) is 9.56. The molecule has 0 aliphatic carbocycles. The van der Waals surface area contributed by atoms with Gasteiger partial charge in [-0.05, 0) is 42.0 Å². The smallest absolute Gasteiger partial charge is 0.337 e. The zero-order valence-corrected chi connectivity index (χ0v) is 22.8. The molecule has 0 saturated carbocycles. The highest BCUT2D eigenvalue weighted by molar-refractivity contribution is 5.94. The van der Waals surface area contributed by atoms with Crippen LogP contribution in [0.15, 0.2) is 80.6 Å². The van der Waals surface area contributed by atoms with E-state index in [0.29, 0.717) is 45.3 Å². The fourth-order valence-electron chi connectivity index (χ4n) is 5.16. The summed E-state index contributed by atoms with van der Waals surface area (Å²) in [4.78, 5) is 38.1. The van der Waals surface area contributed by atoms with Crippen molar-refractivity contribution in [3.05, 3.63) is 94.0 Å². The van der Waals surface area contributed by atoms with Gasteiger partial charge in [0.05, 0.1) is 44.8 Å². The number of rotatable bonds is 6. The normalized spacial score (nSPS) is 14.3. The number of furan rings is 1. The Morgan fingerprint density at radius 3 is 2.36 bits per heavy atom. The summed E-state index contributed by atoms with van der Waals surface area (Å²) in [5, 5.41) is 10.8. The van der Waals surface area contributed by atoms with Crippen LogP contribution in [0.1, 0.15) is 34.0 Å². The third-order valence-electron chi connectivity index (χ3n) is 7.23. The fourth-order valence-corrected chi connectivity index (χ4v) is 5.16. The number of ether oxygens (including phenoxy) is 4. The molecule has 1 atom stereocenters. The minimum Gasteiger partial charge on any atom is -0.507 e. The van der Waals surface area contributed by atoms with Crippen molar-refractivity contribution in [1.29, 1.82) is 0 Å². The summed E-state index contributed by atoms with van der Waals surface area (Å²) in [6.45, 7) is 0. The molecule has 0 bridgehead atoms. The Hall–Kier alpha value is -5.51. The van der Waals surface area contributed by atoms with Gasteiger partial charge in [0.1, 0.15) is 40.3 Å². The van der Waals surface area contributed by atoms with Gasteiger partial charge in [0.15, 0.2) is 11.5 Å². The number of methoxy groups -OCH3 is 3. The van der Waals surface area contributed by atoms with E-state index in [1.807, 2.05) is 0 Å². The van der Waals surface area contributed by atoms with Crippen LogP contribution < -0.4 is 19.6 Å². The molecular formula is C32H24O10. The molecule has 1 unspecified atom stereocenters. The van der Waals surface area contributed by atoms with Gasteiger partial charge in [-0.25, -0.2) is 4.79 Å². The maximum atomic E-state index is 13.7. The molecule has 3 aromatic carbocycles. The van der Waals surface area contributed by atoms with Crippen LogP contribution in [-0.2, 0) is 9.53 Å². The molecule has 2 aromatic heterocycles. The Bertz CT molecular complexity index is 1910. The summed E-state index contributed by atoms with van der Waals surface area (Å²) in [5.74, 6) is -0.123. The minimum absolute atomic E-state index is 0.0610. The van der Waals surface area contributed by atoms with Crippen molar-refractivity contribution in [1.82, 2.24) is 0 Å². The van der Waals surface area contributed by atoms with E-state index in [1.54, 1.807) is 54.6 Å². The summed E-state index contributed by atoms with van der Waals surface area (Å²) in [6, 6.07) is 16.4. The zero-order chi connectivity index (χ0) is 29.5. The van der Waals surface area contributed by atoms with Crippen molar-refractivity contribution in [3.63, 3.8) is 0 Å². The van der Waals surface area contributed by atoms with Gasteiger partial charge >= 0.3 is 11.9 Å². The lowest BCUT2D eigenvalue weighted by Crippen LogP contribution is -2.21. The second kappa shape index (κ2) is 10.5. The predicted octanol–water partition coefficient (Wildman–Crippen LogP) is 5.67. The standard InChI is InChI=1S/C32H24O10/c1-37-24-9-8-18(12-25(24)38-2)20-15-40-31-28-19(13-27(34)42-26(28)14-21(33)29(31)30(20)35)23-11-10-22(41-23)16-4-6-17(7-5-16)32(36)39-3/h4-12,14-15,19,33H,13H2,1-3H3. The number of aromatic hydroxyl groups is 1. The Labute approximate surface area is 238 Å². The first-order valence-electron chi connectivity index (χ1n) is 12.9. The number of hydrogen-bond donors (Lipinski definition) is 1. The van der Waals surface area contributed by atoms with E-state index in [2.05, 4.69) is 0 Å². The van der Waals surface area contributed by atoms with Gasteiger partial charge in [0, 0.05) is 17.2 Å². The van der Waals surface area contributed by atoms with Gasteiger partial charge in [-0.1, -0.05) is 18.2 Å². The molecule has 1 aliphatic heterocycles. The van der Waals surface area contributed by atoms with Gasteiger partial charge in [-0.2, -0.15) is 0 Å². The molecule has 1 aliphatic rings. The maximum absolute atomic E-state index is 13.7. The zero-order valence-electron chi connectivity index (χ0n) is 22.8. The molecule has 42 heavy (non-hydrogen) atoms. The first-order chi connectivity index (χ1) is 20.3. The summed E-state index contributed by atoms with van der Waals surface area (Å²) >= 11 is 0. The summed E-state index contributed by atoms with van der Waals surface area (Å²) < 4.78 is 33.0. The molecule has 1 N–H and O–H groups in total. The van der Waals surface area contributed by atoms with Gasteiger partial charge in [0.25, 0.3) is 0 Å². The monoisotopic (exact) mass is 568 g/mol. The lowest BCUT2D eigenvalue weighted by atomic mass is 9.88. The molecule has 3 heterocycles. The highest BCUT2D eigenvalue weighted by atomic mass is 16.5. The Morgan fingerprint density at radius 2 is 1.64 bits per heavy atom. The molecule has 0 radical (unpaired) electrons. The number of fused-ring (bicyclic) bond motifs is 3. The van der Waals surface area contributed by atoms with Gasteiger partial charge in [0.2, 0.25) is 5.43 Å². The highest BCUT2D eigenvalue weighted by Gasteiger charge is 2.35. The molecule has 10 heteroatoms. The third-order valence-corrected chi connectivity index (χ3v) is 7.23. The van der Waals surface area contributed by atoms with Crippen molar-refractivity contribution in [2.45, 2.75) is 12.3 Å². The average molecular weight is 569 g/mol. The van der Waals surface area contributed by atoms with Crippen molar-refractivity contribution >= 4 is 22.9 Å². The molecule has 0 fully saturated rings.